The lowest BCUT2D eigenvalue weighted by Gasteiger charge is -2.14. The van der Waals surface area contributed by atoms with Crippen LogP contribution in [0, 0.1) is 5.92 Å². The summed E-state index contributed by atoms with van der Waals surface area (Å²) in [6.07, 6.45) is 0.620. The highest BCUT2D eigenvalue weighted by molar-refractivity contribution is 6.30. The van der Waals surface area contributed by atoms with Crippen molar-refractivity contribution < 1.29 is 14.6 Å². The van der Waals surface area contributed by atoms with E-state index in [1.807, 2.05) is 25.1 Å². The minimum atomic E-state index is -0.169. The fourth-order valence-corrected chi connectivity index (χ4v) is 3.06. The van der Waals surface area contributed by atoms with Crippen LogP contribution in [0.25, 0.3) is 11.3 Å². The monoisotopic (exact) mass is 349 g/mol. The lowest BCUT2D eigenvalue weighted by Crippen LogP contribution is -2.28. The van der Waals surface area contributed by atoms with Gasteiger partial charge in [0.05, 0.1) is 30.9 Å². The Hall–Kier alpha value is -1.89. The average molecular weight is 350 g/mol. The van der Waals surface area contributed by atoms with Crippen molar-refractivity contribution in [1.82, 2.24) is 9.78 Å². The minimum absolute atomic E-state index is 0.0670. The molecule has 0 saturated carbocycles. The highest BCUT2D eigenvalue weighted by Crippen LogP contribution is 2.26. The van der Waals surface area contributed by atoms with E-state index in [9.17, 15) is 9.90 Å². The Labute approximate surface area is 145 Å². The van der Waals surface area contributed by atoms with Gasteiger partial charge in [-0.15, -0.1) is 0 Å². The SMILES string of the molecule is CC1OCCC1C(=O)Nc1cc(-c2cccc(Cl)c2)nn1CCO. The van der Waals surface area contributed by atoms with E-state index in [1.165, 1.54) is 0 Å². The Morgan fingerprint density at radius 2 is 2.33 bits per heavy atom. The molecule has 2 atom stereocenters. The van der Waals surface area contributed by atoms with E-state index in [-0.39, 0.29) is 24.5 Å². The molecule has 2 aromatic rings. The quantitative estimate of drug-likeness (QED) is 0.869. The van der Waals surface area contributed by atoms with E-state index >= 15 is 0 Å². The van der Waals surface area contributed by atoms with E-state index in [0.717, 1.165) is 5.56 Å². The van der Waals surface area contributed by atoms with Crippen LogP contribution >= 0.6 is 11.6 Å². The number of hydrogen-bond donors (Lipinski definition) is 2. The highest BCUT2D eigenvalue weighted by atomic mass is 35.5. The number of hydrogen-bond acceptors (Lipinski definition) is 4. The van der Waals surface area contributed by atoms with Gasteiger partial charge in [-0.1, -0.05) is 23.7 Å². The number of halogens is 1. The molecule has 0 spiro atoms. The zero-order valence-corrected chi connectivity index (χ0v) is 14.2. The van der Waals surface area contributed by atoms with Crippen molar-refractivity contribution in [3.8, 4) is 11.3 Å². The normalized spacial score (nSPS) is 20.3. The summed E-state index contributed by atoms with van der Waals surface area (Å²) < 4.78 is 7.04. The second kappa shape index (κ2) is 7.34. The number of anilines is 1. The van der Waals surface area contributed by atoms with Crippen LogP contribution in [0.3, 0.4) is 0 Å². The van der Waals surface area contributed by atoms with Crippen molar-refractivity contribution in [2.75, 3.05) is 18.5 Å². The summed E-state index contributed by atoms with van der Waals surface area (Å²) in [6.45, 7) is 2.73. The van der Waals surface area contributed by atoms with Gasteiger partial charge in [0.25, 0.3) is 0 Å². The molecule has 1 saturated heterocycles. The number of nitrogens with one attached hydrogen (secondary N) is 1. The number of amides is 1. The predicted octanol–water partition coefficient (Wildman–Crippen LogP) is 2.56. The lowest BCUT2D eigenvalue weighted by molar-refractivity contribution is -0.121. The van der Waals surface area contributed by atoms with Crippen LogP contribution in [0.15, 0.2) is 30.3 Å². The first-order valence-corrected chi connectivity index (χ1v) is 8.33. The van der Waals surface area contributed by atoms with Gasteiger partial charge in [-0.3, -0.25) is 4.79 Å². The van der Waals surface area contributed by atoms with Crippen LogP contribution < -0.4 is 5.32 Å². The second-order valence-corrected chi connectivity index (χ2v) is 6.27. The van der Waals surface area contributed by atoms with Crippen molar-refractivity contribution in [1.29, 1.82) is 0 Å². The molecule has 1 aromatic heterocycles. The zero-order chi connectivity index (χ0) is 17.1. The molecule has 2 heterocycles. The second-order valence-electron chi connectivity index (χ2n) is 5.83. The zero-order valence-electron chi connectivity index (χ0n) is 13.4. The van der Waals surface area contributed by atoms with E-state index in [0.29, 0.717) is 36.1 Å². The molecule has 1 aliphatic heterocycles. The van der Waals surface area contributed by atoms with Crippen molar-refractivity contribution in [3.63, 3.8) is 0 Å². The number of aromatic nitrogens is 2. The Balaban J connectivity index is 1.85. The van der Waals surface area contributed by atoms with E-state index in [1.54, 1.807) is 16.8 Å². The number of carbonyl (C=O) groups excluding carboxylic acids is 1. The van der Waals surface area contributed by atoms with Gasteiger partial charge in [0.1, 0.15) is 5.82 Å². The van der Waals surface area contributed by atoms with Gasteiger partial charge in [0.15, 0.2) is 0 Å². The predicted molar refractivity (Wildman–Crippen MR) is 91.9 cm³/mol. The molecule has 0 radical (unpaired) electrons. The van der Waals surface area contributed by atoms with Crippen LogP contribution in [0.1, 0.15) is 13.3 Å². The average Bonchev–Trinajstić information content (AvgIpc) is 3.14. The number of aliphatic hydroxyl groups is 1. The first kappa shape index (κ1) is 17.0. The molecule has 24 heavy (non-hydrogen) atoms. The standard InChI is InChI=1S/C17H20ClN3O3/c1-11-14(5-8-24-11)17(23)19-16-10-15(20-21(16)6-7-22)12-3-2-4-13(18)9-12/h2-4,9-11,14,22H,5-8H2,1H3,(H,19,23). The van der Waals surface area contributed by atoms with Crippen LogP contribution in [0.5, 0.6) is 0 Å². The van der Waals surface area contributed by atoms with Crippen LogP contribution in [0.4, 0.5) is 5.82 Å². The summed E-state index contributed by atoms with van der Waals surface area (Å²) in [5.74, 6) is 0.303. The van der Waals surface area contributed by atoms with Crippen molar-refractivity contribution in [3.05, 3.63) is 35.4 Å². The van der Waals surface area contributed by atoms with Crippen molar-refractivity contribution in [2.45, 2.75) is 26.0 Å². The molecule has 1 aliphatic rings. The van der Waals surface area contributed by atoms with Crippen LogP contribution in [-0.4, -0.2) is 40.1 Å². The van der Waals surface area contributed by atoms with E-state index < -0.39 is 0 Å². The van der Waals surface area contributed by atoms with Crippen LogP contribution in [0.2, 0.25) is 5.02 Å². The fourth-order valence-electron chi connectivity index (χ4n) is 2.87. The third kappa shape index (κ3) is 3.61. The minimum Gasteiger partial charge on any atom is -0.394 e. The molecule has 0 bridgehead atoms. The maximum absolute atomic E-state index is 12.5. The number of rotatable bonds is 5. The Morgan fingerprint density at radius 1 is 1.50 bits per heavy atom. The molecule has 2 unspecified atom stereocenters. The summed E-state index contributed by atoms with van der Waals surface area (Å²) in [7, 11) is 0. The summed E-state index contributed by atoms with van der Waals surface area (Å²) in [5.41, 5.74) is 1.55. The number of aliphatic hydroxyl groups excluding tert-OH is 1. The largest absolute Gasteiger partial charge is 0.394 e. The van der Waals surface area contributed by atoms with Crippen molar-refractivity contribution in [2.24, 2.45) is 5.92 Å². The first-order valence-electron chi connectivity index (χ1n) is 7.95. The molecule has 3 rings (SSSR count). The van der Waals surface area contributed by atoms with Crippen LogP contribution in [-0.2, 0) is 16.1 Å². The lowest BCUT2D eigenvalue weighted by atomic mass is 10.0. The topological polar surface area (TPSA) is 76.4 Å². The third-order valence-corrected chi connectivity index (χ3v) is 4.41. The number of benzene rings is 1. The molecule has 128 valence electrons. The molecule has 1 fully saturated rings. The van der Waals surface area contributed by atoms with E-state index in [2.05, 4.69) is 10.4 Å². The molecule has 0 aliphatic carbocycles. The fraction of sp³-hybridized carbons (Fsp3) is 0.412. The van der Waals surface area contributed by atoms with Gasteiger partial charge in [-0.2, -0.15) is 5.10 Å². The molecule has 1 amide bonds. The smallest absolute Gasteiger partial charge is 0.231 e. The molecule has 2 N–H and O–H groups in total. The first-order chi connectivity index (χ1) is 11.6. The summed E-state index contributed by atoms with van der Waals surface area (Å²) >= 11 is 6.03. The summed E-state index contributed by atoms with van der Waals surface area (Å²) in [4.78, 5) is 12.5. The third-order valence-electron chi connectivity index (χ3n) is 4.18. The summed E-state index contributed by atoms with van der Waals surface area (Å²) in [5, 5.41) is 17.2. The molecular weight excluding hydrogens is 330 g/mol. The van der Waals surface area contributed by atoms with Crippen molar-refractivity contribution >= 4 is 23.3 Å². The van der Waals surface area contributed by atoms with Gasteiger partial charge in [0.2, 0.25) is 5.91 Å². The van der Waals surface area contributed by atoms with E-state index in [4.69, 9.17) is 16.3 Å². The maximum Gasteiger partial charge on any atom is 0.231 e. The molecule has 7 heteroatoms. The Bertz CT molecular complexity index is 732. The highest BCUT2D eigenvalue weighted by Gasteiger charge is 2.31. The number of carbonyl (C=O) groups is 1. The van der Waals surface area contributed by atoms with Gasteiger partial charge in [-0.25, -0.2) is 4.68 Å². The van der Waals surface area contributed by atoms with Gasteiger partial charge >= 0.3 is 0 Å². The maximum atomic E-state index is 12.5. The van der Waals surface area contributed by atoms with Gasteiger partial charge in [-0.05, 0) is 25.5 Å². The van der Waals surface area contributed by atoms with Gasteiger partial charge < -0.3 is 15.2 Å². The van der Waals surface area contributed by atoms with Gasteiger partial charge in [0, 0.05) is 23.3 Å². The molecule has 1 aromatic carbocycles. The number of ether oxygens (including phenoxy) is 1. The molecular formula is C17H20ClN3O3. The Kier molecular flexibility index (Phi) is 5.18. The Morgan fingerprint density at radius 3 is 3.00 bits per heavy atom. The molecule has 6 nitrogen and oxygen atoms in total. The number of nitrogens with zero attached hydrogens (tertiary/aromatic N) is 2. The summed E-state index contributed by atoms with van der Waals surface area (Å²) in [6, 6.07) is 9.14.